The molecule has 6 heteroatoms. The summed E-state index contributed by atoms with van der Waals surface area (Å²) < 4.78 is 7.60. The first kappa shape index (κ1) is 17.8. The quantitative estimate of drug-likeness (QED) is 0.693. The van der Waals surface area contributed by atoms with E-state index in [4.69, 9.17) is 16.3 Å². The highest BCUT2D eigenvalue weighted by molar-refractivity contribution is 6.31. The number of hydrogen-bond donors (Lipinski definition) is 0. The van der Waals surface area contributed by atoms with Crippen molar-refractivity contribution >= 4 is 17.5 Å². The Kier molecular flexibility index (Phi) is 5.23. The van der Waals surface area contributed by atoms with Gasteiger partial charge in [0.05, 0.1) is 24.0 Å². The summed E-state index contributed by atoms with van der Waals surface area (Å²) in [4.78, 5) is 15.0. The number of amides is 1. The number of rotatable bonds is 4. The number of hydrogen-bond acceptors (Lipinski definition) is 3. The van der Waals surface area contributed by atoms with Crippen LogP contribution in [-0.2, 0) is 11.2 Å². The van der Waals surface area contributed by atoms with Crippen molar-refractivity contribution in [3.63, 3.8) is 0 Å². The van der Waals surface area contributed by atoms with Crippen LogP contribution in [-0.4, -0.2) is 46.4 Å². The summed E-state index contributed by atoms with van der Waals surface area (Å²) in [6, 6.07) is 17.1. The van der Waals surface area contributed by atoms with Crippen LogP contribution in [0.15, 0.2) is 67.0 Å². The fourth-order valence-electron chi connectivity index (χ4n) is 3.37. The van der Waals surface area contributed by atoms with E-state index in [-0.39, 0.29) is 12.0 Å². The zero-order chi connectivity index (χ0) is 18.6. The van der Waals surface area contributed by atoms with Gasteiger partial charge < -0.3 is 9.64 Å². The molecule has 138 valence electrons. The summed E-state index contributed by atoms with van der Waals surface area (Å²) >= 11 is 6.27. The Morgan fingerprint density at radius 2 is 1.96 bits per heavy atom. The van der Waals surface area contributed by atoms with Gasteiger partial charge in [-0.3, -0.25) is 4.79 Å². The van der Waals surface area contributed by atoms with E-state index in [1.54, 1.807) is 10.9 Å². The van der Waals surface area contributed by atoms with E-state index in [0.717, 1.165) is 16.3 Å². The lowest BCUT2D eigenvalue weighted by molar-refractivity contribution is -0.0208. The first-order chi connectivity index (χ1) is 13.2. The third-order valence-electron chi connectivity index (χ3n) is 4.72. The predicted molar refractivity (Wildman–Crippen MR) is 104 cm³/mol. The average molecular weight is 382 g/mol. The van der Waals surface area contributed by atoms with E-state index in [1.807, 2.05) is 65.7 Å². The van der Waals surface area contributed by atoms with E-state index in [9.17, 15) is 4.79 Å². The van der Waals surface area contributed by atoms with E-state index < -0.39 is 0 Å². The molecule has 1 fully saturated rings. The summed E-state index contributed by atoms with van der Waals surface area (Å²) in [6.45, 7) is 1.63. The number of aromatic nitrogens is 2. The molecule has 0 bridgehead atoms. The van der Waals surface area contributed by atoms with Gasteiger partial charge in [-0.05, 0) is 29.8 Å². The molecule has 1 unspecified atom stereocenters. The van der Waals surface area contributed by atoms with Crippen molar-refractivity contribution in [2.24, 2.45) is 0 Å². The van der Waals surface area contributed by atoms with Crippen LogP contribution in [0.5, 0.6) is 0 Å². The van der Waals surface area contributed by atoms with Crippen molar-refractivity contribution in [2.75, 3.05) is 19.7 Å². The molecule has 1 aliphatic heterocycles. The molecule has 0 N–H and O–H groups in total. The van der Waals surface area contributed by atoms with Crippen LogP contribution in [0.4, 0.5) is 0 Å². The zero-order valence-corrected chi connectivity index (χ0v) is 15.5. The van der Waals surface area contributed by atoms with E-state index in [1.165, 1.54) is 0 Å². The van der Waals surface area contributed by atoms with Gasteiger partial charge in [0.25, 0.3) is 5.91 Å². The SMILES string of the molecule is O=C(c1ccccc1-n1cccn1)N1CCOC(Cc2ccccc2Cl)C1. The van der Waals surface area contributed by atoms with Crippen LogP contribution in [0, 0.1) is 0 Å². The van der Waals surface area contributed by atoms with Crippen LogP contribution >= 0.6 is 11.6 Å². The zero-order valence-electron chi connectivity index (χ0n) is 14.8. The summed E-state index contributed by atoms with van der Waals surface area (Å²) in [5.74, 6) is -0.00596. The summed E-state index contributed by atoms with van der Waals surface area (Å²) in [6.07, 6.45) is 4.16. The highest BCUT2D eigenvalue weighted by Crippen LogP contribution is 2.21. The van der Waals surface area contributed by atoms with Crippen LogP contribution in [0.2, 0.25) is 5.02 Å². The number of nitrogens with zero attached hydrogens (tertiary/aromatic N) is 3. The fourth-order valence-corrected chi connectivity index (χ4v) is 3.59. The molecule has 2 heterocycles. The highest BCUT2D eigenvalue weighted by Gasteiger charge is 2.27. The van der Waals surface area contributed by atoms with Gasteiger partial charge in [0, 0.05) is 36.9 Å². The molecule has 1 atom stereocenters. The molecule has 27 heavy (non-hydrogen) atoms. The van der Waals surface area contributed by atoms with Gasteiger partial charge in [-0.1, -0.05) is 41.9 Å². The van der Waals surface area contributed by atoms with Gasteiger partial charge in [-0.15, -0.1) is 0 Å². The minimum atomic E-state index is -0.0699. The predicted octanol–water partition coefficient (Wildman–Crippen LogP) is 3.61. The van der Waals surface area contributed by atoms with Crippen molar-refractivity contribution in [3.05, 3.63) is 83.1 Å². The second kappa shape index (κ2) is 7.94. The molecule has 4 rings (SSSR count). The number of carbonyl (C=O) groups excluding carboxylic acids is 1. The van der Waals surface area contributed by atoms with Gasteiger partial charge in [0.15, 0.2) is 0 Å². The van der Waals surface area contributed by atoms with Gasteiger partial charge in [0.2, 0.25) is 0 Å². The monoisotopic (exact) mass is 381 g/mol. The molecule has 3 aromatic rings. The summed E-state index contributed by atoms with van der Waals surface area (Å²) in [5.41, 5.74) is 2.46. The molecule has 0 saturated carbocycles. The molecule has 0 aliphatic carbocycles. The largest absolute Gasteiger partial charge is 0.374 e. The first-order valence-corrected chi connectivity index (χ1v) is 9.33. The van der Waals surface area contributed by atoms with Crippen molar-refractivity contribution < 1.29 is 9.53 Å². The Bertz CT molecular complexity index is 927. The molecule has 1 saturated heterocycles. The van der Waals surface area contributed by atoms with Gasteiger partial charge in [0.1, 0.15) is 0 Å². The third kappa shape index (κ3) is 3.89. The lowest BCUT2D eigenvalue weighted by atomic mass is 10.1. The minimum absolute atomic E-state index is 0.00596. The third-order valence-corrected chi connectivity index (χ3v) is 5.09. The van der Waals surface area contributed by atoms with Crippen LogP contribution < -0.4 is 0 Å². The van der Waals surface area contributed by atoms with Gasteiger partial charge in [-0.25, -0.2) is 4.68 Å². The Balaban J connectivity index is 1.52. The van der Waals surface area contributed by atoms with E-state index >= 15 is 0 Å². The van der Waals surface area contributed by atoms with Crippen molar-refractivity contribution in [3.8, 4) is 5.69 Å². The molecular weight excluding hydrogens is 362 g/mol. The normalized spacial score (nSPS) is 17.1. The molecule has 1 amide bonds. The fraction of sp³-hybridized carbons (Fsp3) is 0.238. The number of carbonyl (C=O) groups is 1. The molecule has 5 nitrogen and oxygen atoms in total. The minimum Gasteiger partial charge on any atom is -0.374 e. The smallest absolute Gasteiger partial charge is 0.256 e. The number of ether oxygens (including phenoxy) is 1. The topological polar surface area (TPSA) is 47.4 Å². The second-order valence-electron chi connectivity index (χ2n) is 6.51. The molecule has 1 aliphatic rings. The lowest BCUT2D eigenvalue weighted by Crippen LogP contribution is -2.46. The molecule has 2 aromatic carbocycles. The maximum absolute atomic E-state index is 13.2. The Labute approximate surface area is 163 Å². The number of benzene rings is 2. The molecular formula is C21H20ClN3O2. The van der Waals surface area contributed by atoms with Crippen LogP contribution in [0.3, 0.4) is 0 Å². The maximum atomic E-state index is 13.2. The van der Waals surface area contributed by atoms with E-state index in [0.29, 0.717) is 31.7 Å². The van der Waals surface area contributed by atoms with Crippen LogP contribution in [0.1, 0.15) is 15.9 Å². The Morgan fingerprint density at radius 1 is 1.15 bits per heavy atom. The second-order valence-corrected chi connectivity index (χ2v) is 6.91. The number of halogens is 1. The first-order valence-electron chi connectivity index (χ1n) is 8.95. The molecule has 0 spiro atoms. The standard InChI is InChI=1S/C21H20ClN3O2/c22-19-8-3-1-6-16(19)14-17-15-24(12-13-27-17)21(26)18-7-2-4-9-20(18)25-11-5-10-23-25/h1-11,17H,12-15H2. The lowest BCUT2D eigenvalue weighted by Gasteiger charge is -2.33. The molecule has 1 aromatic heterocycles. The van der Waals surface area contributed by atoms with Gasteiger partial charge in [-0.2, -0.15) is 5.10 Å². The van der Waals surface area contributed by atoms with Crippen molar-refractivity contribution in [1.29, 1.82) is 0 Å². The average Bonchev–Trinajstić information content (AvgIpc) is 3.24. The Hall–Kier alpha value is -2.63. The maximum Gasteiger partial charge on any atom is 0.256 e. The van der Waals surface area contributed by atoms with Gasteiger partial charge >= 0.3 is 0 Å². The summed E-state index contributed by atoms with van der Waals surface area (Å²) in [5, 5.41) is 4.99. The van der Waals surface area contributed by atoms with Crippen LogP contribution in [0.25, 0.3) is 5.69 Å². The van der Waals surface area contributed by atoms with E-state index in [2.05, 4.69) is 5.10 Å². The Morgan fingerprint density at radius 3 is 2.78 bits per heavy atom. The number of para-hydroxylation sites is 1. The molecule has 0 radical (unpaired) electrons. The summed E-state index contributed by atoms with van der Waals surface area (Å²) in [7, 11) is 0. The van der Waals surface area contributed by atoms with Crippen molar-refractivity contribution in [1.82, 2.24) is 14.7 Å². The number of morpholine rings is 1. The highest BCUT2D eigenvalue weighted by atomic mass is 35.5. The van der Waals surface area contributed by atoms with Crippen molar-refractivity contribution in [2.45, 2.75) is 12.5 Å².